The molecule has 0 saturated heterocycles. The zero-order chi connectivity index (χ0) is 16.3. The van der Waals surface area contributed by atoms with Crippen LogP contribution in [0.3, 0.4) is 0 Å². The van der Waals surface area contributed by atoms with Gasteiger partial charge in [0.25, 0.3) is 0 Å². The summed E-state index contributed by atoms with van der Waals surface area (Å²) in [6, 6.07) is 3.18. The largest absolute Gasteiger partial charge is 0.439 e. The molecule has 1 atom stereocenters. The minimum atomic E-state index is -4.41. The standard InChI is InChI=1S/C14H17F3N2O3/c1-19(6-10(20)8-21-2)7-13-18-11-5-9(14(15,16)17)3-4-12(11)22-13/h3-5,10,20H,6-8H2,1-2H3. The van der Waals surface area contributed by atoms with Crippen LogP contribution in [0.15, 0.2) is 22.6 Å². The van der Waals surface area contributed by atoms with Crippen molar-refractivity contribution in [1.29, 1.82) is 0 Å². The first-order chi connectivity index (χ1) is 10.3. The van der Waals surface area contributed by atoms with Crippen molar-refractivity contribution in [1.82, 2.24) is 9.88 Å². The molecule has 1 N–H and O–H groups in total. The molecule has 1 unspecified atom stereocenters. The van der Waals surface area contributed by atoms with E-state index in [4.69, 9.17) is 9.15 Å². The van der Waals surface area contributed by atoms with Crippen LogP contribution in [-0.2, 0) is 17.5 Å². The molecule has 0 bridgehead atoms. The first-order valence-electron chi connectivity index (χ1n) is 6.62. The van der Waals surface area contributed by atoms with Gasteiger partial charge in [0.05, 0.1) is 24.8 Å². The molecule has 0 fully saturated rings. The number of halogens is 3. The average Bonchev–Trinajstić information content (AvgIpc) is 2.78. The number of aliphatic hydroxyl groups excluding tert-OH is 1. The van der Waals surface area contributed by atoms with Crippen molar-refractivity contribution >= 4 is 11.1 Å². The monoisotopic (exact) mass is 318 g/mol. The van der Waals surface area contributed by atoms with E-state index in [1.54, 1.807) is 11.9 Å². The maximum atomic E-state index is 12.6. The fourth-order valence-corrected chi connectivity index (χ4v) is 2.12. The Bertz CT molecular complexity index is 627. The number of hydrogen-bond acceptors (Lipinski definition) is 5. The molecule has 1 aromatic heterocycles. The lowest BCUT2D eigenvalue weighted by atomic mass is 10.2. The van der Waals surface area contributed by atoms with Crippen LogP contribution < -0.4 is 0 Å². The van der Waals surface area contributed by atoms with Crippen molar-refractivity contribution in [3.05, 3.63) is 29.7 Å². The van der Waals surface area contributed by atoms with Crippen LogP contribution in [0.4, 0.5) is 13.2 Å². The highest BCUT2D eigenvalue weighted by Gasteiger charge is 2.31. The molecule has 122 valence electrons. The minimum absolute atomic E-state index is 0.163. The van der Waals surface area contributed by atoms with Crippen LogP contribution in [0, 0.1) is 0 Å². The topological polar surface area (TPSA) is 58.7 Å². The predicted octanol–water partition coefficient (Wildman–Crippen LogP) is 2.29. The van der Waals surface area contributed by atoms with Crippen molar-refractivity contribution in [2.45, 2.75) is 18.8 Å². The van der Waals surface area contributed by atoms with Gasteiger partial charge in [-0.3, -0.25) is 4.90 Å². The van der Waals surface area contributed by atoms with Gasteiger partial charge in [0.15, 0.2) is 5.58 Å². The maximum absolute atomic E-state index is 12.6. The van der Waals surface area contributed by atoms with Crippen LogP contribution >= 0.6 is 0 Å². The van der Waals surface area contributed by atoms with Crippen LogP contribution in [0.2, 0.25) is 0 Å². The minimum Gasteiger partial charge on any atom is -0.439 e. The van der Waals surface area contributed by atoms with E-state index in [1.807, 2.05) is 0 Å². The fourth-order valence-electron chi connectivity index (χ4n) is 2.12. The molecule has 0 spiro atoms. The molecule has 0 aliphatic heterocycles. The van der Waals surface area contributed by atoms with Crippen LogP contribution in [-0.4, -0.2) is 48.4 Å². The molecule has 5 nitrogen and oxygen atoms in total. The summed E-state index contributed by atoms with van der Waals surface area (Å²) in [5.74, 6) is 0.293. The number of aliphatic hydroxyl groups is 1. The molecule has 1 heterocycles. The van der Waals surface area contributed by atoms with Crippen molar-refractivity contribution < 1.29 is 27.4 Å². The number of aromatic nitrogens is 1. The van der Waals surface area contributed by atoms with E-state index in [-0.39, 0.29) is 18.7 Å². The zero-order valence-electron chi connectivity index (χ0n) is 12.2. The lowest BCUT2D eigenvalue weighted by molar-refractivity contribution is -0.137. The Balaban J connectivity index is 2.09. The van der Waals surface area contributed by atoms with Crippen molar-refractivity contribution in [2.24, 2.45) is 0 Å². The smallest absolute Gasteiger partial charge is 0.416 e. The molecule has 0 saturated carbocycles. The quantitative estimate of drug-likeness (QED) is 0.885. The second kappa shape index (κ2) is 6.64. The van der Waals surface area contributed by atoms with E-state index < -0.39 is 17.8 Å². The molecule has 0 aliphatic carbocycles. The summed E-state index contributed by atoms with van der Waals surface area (Å²) in [7, 11) is 3.23. The summed E-state index contributed by atoms with van der Waals surface area (Å²) in [4.78, 5) is 5.81. The summed E-state index contributed by atoms with van der Waals surface area (Å²) in [5.41, 5.74) is -0.298. The number of alkyl halides is 3. The van der Waals surface area contributed by atoms with Gasteiger partial charge >= 0.3 is 6.18 Å². The second-order valence-electron chi connectivity index (χ2n) is 5.09. The summed E-state index contributed by atoms with van der Waals surface area (Å²) in [6.45, 7) is 0.810. The molecule has 0 radical (unpaired) electrons. The van der Waals surface area contributed by atoms with Crippen molar-refractivity contribution in [2.75, 3.05) is 27.3 Å². The van der Waals surface area contributed by atoms with Gasteiger partial charge in [-0.15, -0.1) is 0 Å². The number of ether oxygens (including phenoxy) is 1. The normalized spacial score (nSPS) is 14.0. The third-order valence-electron chi connectivity index (χ3n) is 3.05. The van der Waals surface area contributed by atoms with Gasteiger partial charge in [0, 0.05) is 13.7 Å². The second-order valence-corrected chi connectivity index (χ2v) is 5.09. The van der Waals surface area contributed by atoms with E-state index >= 15 is 0 Å². The molecule has 2 aromatic rings. The van der Waals surface area contributed by atoms with E-state index in [0.717, 1.165) is 12.1 Å². The summed E-state index contributed by atoms with van der Waals surface area (Å²) in [6.07, 6.45) is -5.06. The van der Waals surface area contributed by atoms with Gasteiger partial charge in [-0.05, 0) is 25.2 Å². The predicted molar refractivity (Wildman–Crippen MR) is 73.2 cm³/mol. The highest BCUT2D eigenvalue weighted by atomic mass is 19.4. The Labute approximate surface area is 125 Å². The third kappa shape index (κ3) is 4.19. The van der Waals surface area contributed by atoms with Gasteiger partial charge in [-0.2, -0.15) is 13.2 Å². The molecule has 8 heteroatoms. The third-order valence-corrected chi connectivity index (χ3v) is 3.05. The molecular weight excluding hydrogens is 301 g/mol. The van der Waals surface area contributed by atoms with Gasteiger partial charge in [0.1, 0.15) is 5.52 Å². The van der Waals surface area contributed by atoms with Crippen LogP contribution in [0.5, 0.6) is 0 Å². The van der Waals surface area contributed by atoms with Gasteiger partial charge in [-0.1, -0.05) is 0 Å². The highest BCUT2D eigenvalue weighted by Crippen LogP contribution is 2.31. The summed E-state index contributed by atoms with van der Waals surface area (Å²) >= 11 is 0. The Morgan fingerprint density at radius 3 is 2.77 bits per heavy atom. The number of oxazole rings is 1. The number of nitrogens with zero attached hydrogens (tertiary/aromatic N) is 2. The molecule has 0 amide bonds. The van der Waals surface area contributed by atoms with E-state index in [9.17, 15) is 18.3 Å². The average molecular weight is 318 g/mol. The molecule has 22 heavy (non-hydrogen) atoms. The summed E-state index contributed by atoms with van der Waals surface area (Å²) < 4.78 is 48.2. The Hall–Kier alpha value is -1.64. The SMILES string of the molecule is COCC(O)CN(C)Cc1nc2cc(C(F)(F)F)ccc2o1. The Morgan fingerprint density at radius 1 is 1.41 bits per heavy atom. The number of likely N-dealkylation sites (N-methyl/N-ethyl adjacent to an activating group) is 1. The number of rotatable bonds is 6. The maximum Gasteiger partial charge on any atom is 0.416 e. The molecular formula is C14H17F3N2O3. The van der Waals surface area contributed by atoms with Crippen molar-refractivity contribution in [3.63, 3.8) is 0 Å². The number of methoxy groups -OCH3 is 1. The van der Waals surface area contributed by atoms with Gasteiger partial charge < -0.3 is 14.3 Å². The Morgan fingerprint density at radius 2 is 2.14 bits per heavy atom. The van der Waals surface area contributed by atoms with Crippen molar-refractivity contribution in [3.8, 4) is 0 Å². The molecule has 2 rings (SSSR count). The lowest BCUT2D eigenvalue weighted by Gasteiger charge is -2.18. The van der Waals surface area contributed by atoms with E-state index in [0.29, 0.717) is 18.0 Å². The van der Waals surface area contributed by atoms with E-state index in [2.05, 4.69) is 4.98 Å². The summed E-state index contributed by atoms with van der Waals surface area (Å²) in [5, 5.41) is 9.62. The zero-order valence-corrected chi connectivity index (χ0v) is 12.2. The van der Waals surface area contributed by atoms with Gasteiger partial charge in [-0.25, -0.2) is 4.98 Å². The first-order valence-corrected chi connectivity index (χ1v) is 6.62. The number of fused-ring (bicyclic) bond motifs is 1. The Kier molecular flexibility index (Phi) is 5.05. The van der Waals surface area contributed by atoms with E-state index in [1.165, 1.54) is 13.2 Å². The number of benzene rings is 1. The van der Waals surface area contributed by atoms with Gasteiger partial charge in [0.2, 0.25) is 5.89 Å². The first kappa shape index (κ1) is 16.7. The fraction of sp³-hybridized carbons (Fsp3) is 0.500. The van der Waals surface area contributed by atoms with Crippen LogP contribution in [0.1, 0.15) is 11.5 Å². The van der Waals surface area contributed by atoms with Crippen LogP contribution in [0.25, 0.3) is 11.1 Å². The lowest BCUT2D eigenvalue weighted by Crippen LogP contribution is -2.31. The highest BCUT2D eigenvalue weighted by molar-refractivity contribution is 5.73. The number of hydrogen-bond donors (Lipinski definition) is 1. The molecule has 0 aliphatic rings. The molecule has 1 aromatic carbocycles.